The molecule has 0 aliphatic rings. The summed E-state index contributed by atoms with van der Waals surface area (Å²) in [5.41, 5.74) is 2.27. The van der Waals surface area contributed by atoms with Gasteiger partial charge in [0.25, 0.3) is 0 Å². The Morgan fingerprint density at radius 3 is 2.65 bits per heavy atom. The van der Waals surface area contributed by atoms with Crippen molar-refractivity contribution < 1.29 is 9.53 Å². The van der Waals surface area contributed by atoms with Crippen LogP contribution in [0.15, 0.2) is 12.1 Å². The average Bonchev–Trinajstić information content (AvgIpc) is 2.37. The molecule has 4 heteroatoms. The second-order valence-corrected chi connectivity index (χ2v) is 3.76. The van der Waals surface area contributed by atoms with Crippen LogP contribution in [0.2, 0.25) is 0 Å². The van der Waals surface area contributed by atoms with Crippen LogP contribution in [-0.2, 0) is 17.0 Å². The Hall–Kier alpha value is -1.53. The van der Waals surface area contributed by atoms with E-state index in [0.717, 1.165) is 12.0 Å². The van der Waals surface area contributed by atoms with Gasteiger partial charge in [0.1, 0.15) is 6.07 Å². The Bertz CT molecular complexity index is 463. The highest BCUT2D eigenvalue weighted by atomic mass is 35.5. The Balaban J connectivity index is 3.35. The topological polar surface area (TPSA) is 50.1 Å². The van der Waals surface area contributed by atoms with E-state index in [-0.39, 0.29) is 12.5 Å². The van der Waals surface area contributed by atoms with Crippen molar-refractivity contribution in [1.82, 2.24) is 0 Å². The van der Waals surface area contributed by atoms with Crippen molar-refractivity contribution in [2.24, 2.45) is 0 Å². The molecule has 3 nitrogen and oxygen atoms in total. The Kier molecular flexibility index (Phi) is 4.99. The van der Waals surface area contributed by atoms with E-state index >= 15 is 0 Å². The second kappa shape index (κ2) is 6.27. The van der Waals surface area contributed by atoms with E-state index in [1.165, 1.54) is 0 Å². The molecule has 17 heavy (non-hydrogen) atoms. The van der Waals surface area contributed by atoms with Crippen LogP contribution in [-0.4, -0.2) is 12.6 Å². The minimum absolute atomic E-state index is 0.191. The number of carbonyl (C=O) groups excluding carboxylic acids is 1. The van der Waals surface area contributed by atoms with Crippen LogP contribution in [0.5, 0.6) is 0 Å². The van der Waals surface area contributed by atoms with Crippen molar-refractivity contribution in [2.75, 3.05) is 6.61 Å². The van der Waals surface area contributed by atoms with Crippen molar-refractivity contribution in [3.8, 4) is 6.07 Å². The predicted molar refractivity (Wildman–Crippen MR) is 66.0 cm³/mol. The summed E-state index contributed by atoms with van der Waals surface area (Å²) in [6, 6.07) is 5.58. The van der Waals surface area contributed by atoms with Crippen LogP contribution in [0.25, 0.3) is 0 Å². The molecule has 0 N–H and O–H groups in total. The Labute approximate surface area is 106 Å². The summed E-state index contributed by atoms with van der Waals surface area (Å²) in [5.74, 6) is -0.293. The van der Waals surface area contributed by atoms with E-state index in [2.05, 4.69) is 0 Å². The van der Waals surface area contributed by atoms with E-state index in [1.807, 2.05) is 19.1 Å². The summed E-state index contributed by atoms with van der Waals surface area (Å²) in [6.45, 7) is 3.99. The number of ether oxygens (including phenoxy) is 1. The van der Waals surface area contributed by atoms with Crippen molar-refractivity contribution in [1.29, 1.82) is 5.26 Å². The zero-order chi connectivity index (χ0) is 12.8. The zero-order valence-electron chi connectivity index (χ0n) is 9.92. The number of carbonyl (C=O) groups is 1. The fourth-order valence-electron chi connectivity index (χ4n) is 1.61. The largest absolute Gasteiger partial charge is 0.462 e. The van der Waals surface area contributed by atoms with Gasteiger partial charge in [0.05, 0.1) is 17.7 Å². The van der Waals surface area contributed by atoms with Gasteiger partial charge in [-0.3, -0.25) is 0 Å². The molecule has 0 radical (unpaired) electrons. The maximum absolute atomic E-state index is 11.8. The summed E-state index contributed by atoms with van der Waals surface area (Å²) < 4.78 is 4.94. The van der Waals surface area contributed by atoms with Gasteiger partial charge in [-0.15, -0.1) is 11.6 Å². The first-order valence-corrected chi connectivity index (χ1v) is 6.00. The van der Waals surface area contributed by atoms with E-state index in [4.69, 9.17) is 21.6 Å². The molecule has 0 aliphatic heterocycles. The highest BCUT2D eigenvalue weighted by Crippen LogP contribution is 2.21. The summed E-state index contributed by atoms with van der Waals surface area (Å²) in [7, 11) is 0. The van der Waals surface area contributed by atoms with Crippen LogP contribution in [0.3, 0.4) is 0 Å². The third-order valence-electron chi connectivity index (χ3n) is 2.43. The molecule has 0 aliphatic carbocycles. The normalized spacial score (nSPS) is 9.76. The molecule has 0 bridgehead atoms. The molecule has 0 unspecified atom stereocenters. The Morgan fingerprint density at radius 2 is 2.18 bits per heavy atom. The molecule has 0 atom stereocenters. The number of nitrogens with zero attached hydrogens (tertiary/aromatic N) is 1. The first-order valence-electron chi connectivity index (χ1n) is 5.46. The monoisotopic (exact) mass is 251 g/mol. The van der Waals surface area contributed by atoms with Crippen molar-refractivity contribution >= 4 is 17.6 Å². The number of benzene rings is 1. The molecule has 0 spiro atoms. The number of aryl methyl sites for hydroxylation is 1. The van der Waals surface area contributed by atoms with Crippen molar-refractivity contribution in [3.05, 3.63) is 34.4 Å². The molecule has 90 valence electrons. The Morgan fingerprint density at radius 1 is 1.47 bits per heavy atom. The number of hydrogen-bond donors (Lipinski definition) is 0. The van der Waals surface area contributed by atoms with Crippen LogP contribution in [0.1, 0.15) is 40.9 Å². The molecular formula is C13H14ClNO2. The number of esters is 1. The van der Waals surface area contributed by atoms with E-state index in [1.54, 1.807) is 13.0 Å². The summed E-state index contributed by atoms with van der Waals surface area (Å²) in [5, 5.41) is 9.07. The summed E-state index contributed by atoms with van der Waals surface area (Å²) >= 11 is 5.82. The molecule has 1 rings (SSSR count). The zero-order valence-corrected chi connectivity index (χ0v) is 10.7. The van der Waals surface area contributed by atoms with Gasteiger partial charge in [0.2, 0.25) is 0 Å². The average molecular weight is 252 g/mol. The number of nitriles is 1. The van der Waals surface area contributed by atoms with Crippen molar-refractivity contribution in [2.45, 2.75) is 26.1 Å². The number of alkyl halides is 1. The molecular weight excluding hydrogens is 238 g/mol. The maximum atomic E-state index is 11.8. The molecule has 1 aromatic carbocycles. The molecule has 0 aromatic heterocycles. The van der Waals surface area contributed by atoms with Gasteiger partial charge in [-0.05, 0) is 30.5 Å². The van der Waals surface area contributed by atoms with E-state index < -0.39 is 5.97 Å². The minimum atomic E-state index is -0.484. The lowest BCUT2D eigenvalue weighted by atomic mass is 9.98. The van der Waals surface area contributed by atoms with Gasteiger partial charge in [0.15, 0.2) is 0 Å². The predicted octanol–water partition coefficient (Wildman–Crippen LogP) is 3.04. The number of hydrogen-bond acceptors (Lipinski definition) is 3. The standard InChI is InChI=1S/C13H14ClNO2/c1-3-9-5-10(7-14)12(11(6-9)8-15)13(16)17-4-2/h5-6H,3-4,7H2,1-2H3. The third-order valence-corrected chi connectivity index (χ3v) is 2.72. The second-order valence-electron chi connectivity index (χ2n) is 3.50. The molecule has 0 fully saturated rings. The van der Waals surface area contributed by atoms with E-state index in [9.17, 15) is 4.79 Å². The van der Waals surface area contributed by atoms with Crippen LogP contribution in [0.4, 0.5) is 0 Å². The fraction of sp³-hybridized carbons (Fsp3) is 0.385. The lowest BCUT2D eigenvalue weighted by Gasteiger charge is -2.10. The molecule has 0 amide bonds. The quantitative estimate of drug-likeness (QED) is 0.610. The molecule has 0 heterocycles. The van der Waals surface area contributed by atoms with Gasteiger partial charge in [-0.1, -0.05) is 13.0 Å². The maximum Gasteiger partial charge on any atom is 0.339 e. The van der Waals surface area contributed by atoms with Gasteiger partial charge in [-0.2, -0.15) is 5.26 Å². The summed E-state index contributed by atoms with van der Waals surface area (Å²) in [6.07, 6.45) is 0.793. The van der Waals surface area contributed by atoms with Gasteiger partial charge < -0.3 is 4.74 Å². The molecule has 1 aromatic rings. The highest BCUT2D eigenvalue weighted by Gasteiger charge is 2.18. The number of halogens is 1. The van der Waals surface area contributed by atoms with Crippen LogP contribution in [0, 0.1) is 11.3 Å². The fourth-order valence-corrected chi connectivity index (χ4v) is 1.82. The van der Waals surface area contributed by atoms with Crippen molar-refractivity contribution in [3.63, 3.8) is 0 Å². The first kappa shape index (κ1) is 13.5. The van der Waals surface area contributed by atoms with Gasteiger partial charge >= 0.3 is 5.97 Å². The third kappa shape index (κ3) is 2.98. The first-order chi connectivity index (χ1) is 8.17. The van der Waals surface area contributed by atoms with Crippen LogP contribution < -0.4 is 0 Å². The molecule has 0 saturated carbocycles. The van der Waals surface area contributed by atoms with E-state index in [0.29, 0.717) is 16.7 Å². The smallest absolute Gasteiger partial charge is 0.339 e. The lowest BCUT2D eigenvalue weighted by molar-refractivity contribution is 0.0525. The SMILES string of the molecule is CCOC(=O)c1c(C#N)cc(CC)cc1CCl. The lowest BCUT2D eigenvalue weighted by Crippen LogP contribution is -2.11. The van der Waals surface area contributed by atoms with Gasteiger partial charge in [0, 0.05) is 5.88 Å². The van der Waals surface area contributed by atoms with Crippen LogP contribution >= 0.6 is 11.6 Å². The summed E-state index contributed by atoms with van der Waals surface area (Å²) in [4.78, 5) is 11.8. The highest BCUT2D eigenvalue weighted by molar-refractivity contribution is 6.17. The number of rotatable bonds is 4. The molecule has 0 saturated heterocycles. The minimum Gasteiger partial charge on any atom is -0.462 e. The van der Waals surface area contributed by atoms with Gasteiger partial charge in [-0.25, -0.2) is 4.79 Å².